The Morgan fingerprint density at radius 3 is 2.73 bits per heavy atom. The van der Waals surface area contributed by atoms with Crippen LogP contribution in [0.5, 0.6) is 0 Å². The van der Waals surface area contributed by atoms with E-state index in [0.29, 0.717) is 17.5 Å². The number of fused-ring (bicyclic) bond motifs is 5. The number of carbonyl (C=O) groups is 1. The average Bonchev–Trinajstić information content (AvgIpc) is 3.49. The van der Waals surface area contributed by atoms with E-state index in [9.17, 15) is 9.59 Å². The molecule has 7 nitrogen and oxygen atoms in total. The number of hydrogen-bond acceptors (Lipinski definition) is 6. The summed E-state index contributed by atoms with van der Waals surface area (Å²) in [5.41, 5.74) is 4.00. The Morgan fingerprint density at radius 2 is 1.92 bits per heavy atom. The lowest BCUT2D eigenvalue weighted by atomic mass is 9.97. The van der Waals surface area contributed by atoms with Gasteiger partial charge in [-0.05, 0) is 68.4 Å². The van der Waals surface area contributed by atoms with Crippen molar-refractivity contribution in [1.82, 2.24) is 24.5 Å². The Balaban J connectivity index is 1.44. The maximum atomic E-state index is 14.0. The fourth-order valence-electron chi connectivity index (χ4n) is 4.93. The lowest BCUT2D eigenvalue weighted by Gasteiger charge is -2.13. The van der Waals surface area contributed by atoms with E-state index in [4.69, 9.17) is 0 Å². The molecule has 0 aliphatic heterocycles. The first kappa shape index (κ1) is 23.9. The maximum absolute atomic E-state index is 14.0. The molecule has 6 rings (SSSR count). The van der Waals surface area contributed by atoms with Crippen molar-refractivity contribution in [2.45, 2.75) is 56.5 Å². The van der Waals surface area contributed by atoms with Gasteiger partial charge in [0.2, 0.25) is 11.7 Å². The summed E-state index contributed by atoms with van der Waals surface area (Å²) in [6.07, 6.45) is 4.12. The van der Waals surface area contributed by atoms with Gasteiger partial charge in [0.25, 0.3) is 5.56 Å². The zero-order chi connectivity index (χ0) is 25.5. The summed E-state index contributed by atoms with van der Waals surface area (Å²) in [5, 5.41) is 13.0. The fourth-order valence-corrected chi connectivity index (χ4v) is 7.24. The first-order valence-electron chi connectivity index (χ1n) is 12.5. The van der Waals surface area contributed by atoms with Crippen LogP contribution in [-0.4, -0.2) is 30.3 Å². The number of nitrogens with one attached hydrogen (secondary N) is 1. The molecule has 3 aromatic heterocycles. The molecule has 1 amide bonds. The highest BCUT2D eigenvalue weighted by molar-refractivity contribution is 8.00. The van der Waals surface area contributed by atoms with Crippen molar-refractivity contribution < 1.29 is 4.79 Å². The summed E-state index contributed by atoms with van der Waals surface area (Å²) in [7, 11) is 0. The van der Waals surface area contributed by atoms with E-state index in [1.807, 2.05) is 72.8 Å². The lowest BCUT2D eigenvalue weighted by Crippen LogP contribution is -2.30. The fraction of sp³-hybridized carbons (Fsp3) is 0.286. The van der Waals surface area contributed by atoms with Gasteiger partial charge in [-0.1, -0.05) is 54.2 Å². The number of aromatic nitrogens is 4. The van der Waals surface area contributed by atoms with Gasteiger partial charge in [0.05, 0.1) is 16.3 Å². The summed E-state index contributed by atoms with van der Waals surface area (Å²) in [6, 6.07) is 17.7. The molecule has 2 aromatic carbocycles. The van der Waals surface area contributed by atoms with E-state index >= 15 is 0 Å². The zero-order valence-electron chi connectivity index (χ0n) is 20.7. The Hall–Kier alpha value is -3.43. The van der Waals surface area contributed by atoms with Crippen molar-refractivity contribution in [2.24, 2.45) is 0 Å². The van der Waals surface area contributed by atoms with Crippen molar-refractivity contribution in [3.8, 4) is 5.69 Å². The molecule has 188 valence electrons. The highest BCUT2D eigenvalue weighted by atomic mass is 32.2. The van der Waals surface area contributed by atoms with E-state index in [0.717, 1.165) is 58.3 Å². The van der Waals surface area contributed by atoms with Crippen molar-refractivity contribution in [3.63, 3.8) is 0 Å². The van der Waals surface area contributed by atoms with Crippen LogP contribution in [0.15, 0.2) is 64.5 Å². The minimum absolute atomic E-state index is 0.0508. The van der Waals surface area contributed by atoms with E-state index in [1.54, 1.807) is 15.9 Å². The summed E-state index contributed by atoms with van der Waals surface area (Å²) < 4.78 is 3.65. The van der Waals surface area contributed by atoms with Gasteiger partial charge in [0.15, 0.2) is 5.16 Å². The van der Waals surface area contributed by atoms with Crippen LogP contribution in [0.3, 0.4) is 0 Å². The molecule has 0 spiro atoms. The molecule has 9 heteroatoms. The van der Waals surface area contributed by atoms with Crippen LogP contribution in [0.2, 0.25) is 0 Å². The molecule has 0 saturated carbocycles. The average molecular weight is 530 g/mol. The molecule has 5 aromatic rings. The molecule has 1 aliphatic carbocycles. The van der Waals surface area contributed by atoms with Gasteiger partial charge < -0.3 is 5.32 Å². The van der Waals surface area contributed by atoms with E-state index in [1.165, 1.54) is 16.6 Å². The van der Waals surface area contributed by atoms with Crippen LogP contribution in [0.4, 0.5) is 0 Å². The number of amides is 1. The maximum Gasteiger partial charge on any atom is 0.268 e. The number of aryl methyl sites for hydroxylation is 3. The minimum Gasteiger partial charge on any atom is -0.351 e. The third kappa shape index (κ3) is 4.36. The van der Waals surface area contributed by atoms with E-state index in [-0.39, 0.29) is 16.7 Å². The summed E-state index contributed by atoms with van der Waals surface area (Å²) >= 11 is 3.03. The summed E-state index contributed by atoms with van der Waals surface area (Å²) in [5.74, 6) is 0.403. The number of benzene rings is 2. The van der Waals surface area contributed by atoms with Gasteiger partial charge in [0.1, 0.15) is 4.83 Å². The molecule has 1 N–H and O–H groups in total. The molecule has 1 unspecified atom stereocenters. The topological polar surface area (TPSA) is 81.3 Å². The summed E-state index contributed by atoms with van der Waals surface area (Å²) in [4.78, 5) is 29.1. The standard InChI is InChI=1S/C28H27N5O2S2/c1-17-9-8-12-20(15-17)32-25(35)23-21-13-6-7-14-22(21)37-26(23)33-27(32)30-31-28(33)36-18(2)24(34)29-16-19-10-4-3-5-11-19/h3-5,8-12,15,18H,6-7,13-14,16H2,1-2H3,(H,29,34). The number of nitrogens with zero attached hydrogens (tertiary/aromatic N) is 4. The van der Waals surface area contributed by atoms with Crippen LogP contribution in [0.1, 0.15) is 41.3 Å². The molecular formula is C28H27N5O2S2. The van der Waals surface area contributed by atoms with Crippen molar-refractivity contribution in [1.29, 1.82) is 0 Å². The minimum atomic E-state index is -0.389. The van der Waals surface area contributed by atoms with Gasteiger partial charge in [-0.25, -0.2) is 8.97 Å². The van der Waals surface area contributed by atoms with Crippen LogP contribution < -0.4 is 10.9 Å². The monoisotopic (exact) mass is 529 g/mol. The number of hydrogen-bond donors (Lipinski definition) is 1. The number of rotatable bonds is 6. The predicted octanol–water partition coefficient (Wildman–Crippen LogP) is 5.08. The number of thioether (sulfide) groups is 1. The molecule has 3 heterocycles. The van der Waals surface area contributed by atoms with Crippen molar-refractivity contribution >= 4 is 45.0 Å². The Bertz CT molecular complexity index is 1690. The Morgan fingerprint density at radius 1 is 1.11 bits per heavy atom. The van der Waals surface area contributed by atoms with Crippen LogP contribution in [0, 0.1) is 6.92 Å². The van der Waals surface area contributed by atoms with Gasteiger partial charge in [-0.3, -0.25) is 9.59 Å². The second-order valence-electron chi connectivity index (χ2n) is 9.45. The van der Waals surface area contributed by atoms with Crippen LogP contribution >= 0.6 is 23.1 Å². The normalized spacial score (nSPS) is 14.1. The van der Waals surface area contributed by atoms with Crippen LogP contribution in [0.25, 0.3) is 21.7 Å². The molecule has 0 fully saturated rings. The largest absolute Gasteiger partial charge is 0.351 e. The zero-order valence-corrected chi connectivity index (χ0v) is 22.4. The quantitative estimate of drug-likeness (QED) is 0.310. The highest BCUT2D eigenvalue weighted by Crippen LogP contribution is 2.37. The van der Waals surface area contributed by atoms with Crippen molar-refractivity contribution in [2.75, 3.05) is 0 Å². The first-order chi connectivity index (χ1) is 18.0. The SMILES string of the molecule is Cc1cccc(-n2c(=O)c3c4c(sc3n3c(SC(C)C(=O)NCc5ccccc5)nnc23)CCCC4)c1. The second-order valence-corrected chi connectivity index (χ2v) is 11.8. The summed E-state index contributed by atoms with van der Waals surface area (Å²) in [6.45, 7) is 4.36. The van der Waals surface area contributed by atoms with E-state index in [2.05, 4.69) is 15.5 Å². The first-order valence-corrected chi connectivity index (χ1v) is 14.2. The Kier molecular flexibility index (Phi) is 6.34. The molecule has 0 bridgehead atoms. The Labute approximate surface area is 222 Å². The molecule has 1 atom stereocenters. The predicted molar refractivity (Wildman–Crippen MR) is 149 cm³/mol. The number of carbonyl (C=O) groups excluding carboxylic acids is 1. The molecule has 0 saturated heterocycles. The van der Waals surface area contributed by atoms with Gasteiger partial charge in [-0.15, -0.1) is 21.5 Å². The van der Waals surface area contributed by atoms with Gasteiger partial charge in [0, 0.05) is 11.4 Å². The lowest BCUT2D eigenvalue weighted by molar-refractivity contribution is -0.120. The van der Waals surface area contributed by atoms with Crippen LogP contribution in [-0.2, 0) is 24.2 Å². The third-order valence-corrected chi connectivity index (χ3v) is 9.13. The molecule has 1 aliphatic rings. The van der Waals surface area contributed by atoms with E-state index < -0.39 is 0 Å². The molecule has 0 radical (unpaired) electrons. The van der Waals surface area contributed by atoms with Crippen molar-refractivity contribution in [3.05, 3.63) is 86.5 Å². The molecular weight excluding hydrogens is 502 g/mol. The highest BCUT2D eigenvalue weighted by Gasteiger charge is 2.27. The number of thiophene rings is 1. The third-order valence-electron chi connectivity index (χ3n) is 6.81. The van der Waals surface area contributed by atoms with Gasteiger partial charge >= 0.3 is 0 Å². The smallest absolute Gasteiger partial charge is 0.268 e. The van der Waals surface area contributed by atoms with Gasteiger partial charge in [-0.2, -0.15) is 0 Å². The second kappa shape index (κ2) is 9.79. The molecule has 37 heavy (non-hydrogen) atoms.